The van der Waals surface area contributed by atoms with Gasteiger partial charge in [0.15, 0.2) is 0 Å². The first-order chi connectivity index (χ1) is 7.34. The summed E-state index contributed by atoms with van der Waals surface area (Å²) in [7, 11) is 2.72. The van der Waals surface area contributed by atoms with Crippen LogP contribution in [0.2, 0.25) is 0 Å². The Morgan fingerprint density at radius 3 is 2.31 bits per heavy atom. The third-order valence-corrected chi connectivity index (χ3v) is 1.87. The molecule has 0 atom stereocenters. The van der Waals surface area contributed by atoms with E-state index in [4.69, 9.17) is 0 Å². The molecule has 0 saturated heterocycles. The molecule has 7 heteroatoms. The summed E-state index contributed by atoms with van der Waals surface area (Å²) >= 11 is 0. The van der Waals surface area contributed by atoms with Gasteiger partial charge in [-0.3, -0.25) is 14.9 Å². The Morgan fingerprint density at radius 2 is 1.88 bits per heavy atom. The normalized spacial score (nSPS) is 10.0. The number of nitro groups is 1. The van der Waals surface area contributed by atoms with E-state index >= 15 is 0 Å². The molecule has 0 aliphatic heterocycles. The zero-order valence-corrected chi connectivity index (χ0v) is 8.53. The van der Waals surface area contributed by atoms with E-state index in [-0.39, 0.29) is 0 Å². The van der Waals surface area contributed by atoms with E-state index in [1.807, 2.05) is 0 Å². The van der Waals surface area contributed by atoms with Gasteiger partial charge in [0.25, 0.3) is 5.91 Å². The van der Waals surface area contributed by atoms with Crippen LogP contribution < -0.4 is 0 Å². The van der Waals surface area contributed by atoms with Crippen LogP contribution in [0.15, 0.2) is 12.1 Å². The van der Waals surface area contributed by atoms with Crippen molar-refractivity contribution >= 4 is 11.6 Å². The number of carbonyl (C=O) groups is 1. The van der Waals surface area contributed by atoms with Gasteiger partial charge < -0.3 is 4.90 Å². The van der Waals surface area contributed by atoms with Crippen LogP contribution in [-0.2, 0) is 0 Å². The van der Waals surface area contributed by atoms with Crippen LogP contribution >= 0.6 is 0 Å². The Labute approximate surface area is 89.4 Å². The highest BCUT2D eigenvalue weighted by Crippen LogP contribution is 2.22. The van der Waals surface area contributed by atoms with Gasteiger partial charge in [0.2, 0.25) is 5.82 Å². The predicted octanol–water partition coefficient (Wildman–Crippen LogP) is 1.57. The lowest BCUT2D eigenvalue weighted by Crippen LogP contribution is -2.23. The molecule has 1 aromatic rings. The molecule has 0 aliphatic carbocycles. The van der Waals surface area contributed by atoms with Gasteiger partial charge in [0, 0.05) is 26.2 Å². The first-order valence-corrected chi connectivity index (χ1v) is 4.19. The summed E-state index contributed by atoms with van der Waals surface area (Å²) in [5.74, 6) is -3.19. The van der Waals surface area contributed by atoms with Crippen LogP contribution in [0.3, 0.4) is 0 Å². The van der Waals surface area contributed by atoms with Crippen LogP contribution in [0.4, 0.5) is 14.5 Å². The second-order valence-corrected chi connectivity index (χ2v) is 3.24. The van der Waals surface area contributed by atoms with E-state index in [1.54, 1.807) is 0 Å². The molecule has 0 radical (unpaired) electrons. The van der Waals surface area contributed by atoms with Gasteiger partial charge in [0.05, 0.1) is 10.5 Å². The quantitative estimate of drug-likeness (QED) is 0.572. The summed E-state index contributed by atoms with van der Waals surface area (Å²) < 4.78 is 26.1. The number of carbonyl (C=O) groups excluding carboxylic acids is 1. The minimum absolute atomic E-state index is 0.328. The van der Waals surface area contributed by atoms with Gasteiger partial charge in [-0.15, -0.1) is 0 Å². The van der Waals surface area contributed by atoms with Gasteiger partial charge in [-0.2, -0.15) is 4.39 Å². The lowest BCUT2D eigenvalue weighted by molar-refractivity contribution is -0.387. The molecule has 0 N–H and O–H groups in total. The molecule has 0 bridgehead atoms. The van der Waals surface area contributed by atoms with Crippen molar-refractivity contribution < 1.29 is 18.5 Å². The molecule has 0 saturated carbocycles. The van der Waals surface area contributed by atoms with Crippen molar-refractivity contribution in [2.75, 3.05) is 14.1 Å². The first kappa shape index (κ1) is 12.0. The number of hydrogen-bond acceptors (Lipinski definition) is 3. The molecule has 0 heterocycles. The maximum atomic E-state index is 13.2. The van der Waals surface area contributed by atoms with E-state index in [0.717, 1.165) is 4.90 Å². The Bertz CT molecular complexity index is 460. The zero-order valence-electron chi connectivity index (χ0n) is 8.53. The number of hydrogen-bond donors (Lipinski definition) is 0. The summed E-state index contributed by atoms with van der Waals surface area (Å²) in [4.78, 5) is 21.8. The molecule has 0 spiro atoms. The molecule has 5 nitrogen and oxygen atoms in total. The van der Waals surface area contributed by atoms with Crippen molar-refractivity contribution in [3.05, 3.63) is 39.4 Å². The van der Waals surface area contributed by atoms with Gasteiger partial charge in [-0.1, -0.05) is 0 Å². The van der Waals surface area contributed by atoms with Crippen molar-refractivity contribution in [2.45, 2.75) is 0 Å². The third-order valence-electron chi connectivity index (χ3n) is 1.87. The van der Waals surface area contributed by atoms with Crippen LogP contribution in [0, 0.1) is 21.7 Å². The third kappa shape index (κ3) is 2.13. The molecular formula is C9H8F2N2O3. The Hall–Kier alpha value is -2.05. The second-order valence-electron chi connectivity index (χ2n) is 3.24. The number of nitro benzene ring substituents is 1. The van der Waals surface area contributed by atoms with Crippen molar-refractivity contribution in [1.82, 2.24) is 4.90 Å². The molecule has 0 aromatic heterocycles. The fourth-order valence-corrected chi connectivity index (χ4v) is 1.08. The molecule has 16 heavy (non-hydrogen) atoms. The molecule has 86 valence electrons. The van der Waals surface area contributed by atoms with Crippen LogP contribution in [0.25, 0.3) is 0 Å². The van der Waals surface area contributed by atoms with E-state index < -0.39 is 33.7 Å². The number of benzene rings is 1. The summed E-state index contributed by atoms with van der Waals surface area (Å²) in [6.07, 6.45) is 0. The summed E-state index contributed by atoms with van der Waals surface area (Å²) in [6, 6.07) is 0.919. The summed E-state index contributed by atoms with van der Waals surface area (Å²) in [5, 5.41) is 10.4. The lowest BCUT2D eigenvalue weighted by atomic mass is 10.1. The average Bonchev–Trinajstić information content (AvgIpc) is 2.16. The zero-order chi connectivity index (χ0) is 12.5. The van der Waals surface area contributed by atoms with Gasteiger partial charge in [-0.05, 0) is 0 Å². The maximum Gasteiger partial charge on any atom is 0.305 e. The van der Waals surface area contributed by atoms with Gasteiger partial charge in [0.1, 0.15) is 5.82 Å². The van der Waals surface area contributed by atoms with Crippen LogP contribution in [0.1, 0.15) is 10.4 Å². The largest absolute Gasteiger partial charge is 0.345 e. The molecule has 0 fully saturated rings. The fraction of sp³-hybridized carbons (Fsp3) is 0.222. The number of rotatable bonds is 2. The smallest absolute Gasteiger partial charge is 0.305 e. The van der Waals surface area contributed by atoms with Gasteiger partial charge in [-0.25, -0.2) is 4.39 Å². The predicted molar refractivity (Wildman–Crippen MR) is 51.0 cm³/mol. The fourth-order valence-electron chi connectivity index (χ4n) is 1.08. The monoisotopic (exact) mass is 230 g/mol. The van der Waals surface area contributed by atoms with E-state index in [2.05, 4.69) is 0 Å². The minimum atomic E-state index is -1.31. The highest BCUT2D eigenvalue weighted by atomic mass is 19.1. The number of nitrogens with zero attached hydrogens (tertiary/aromatic N) is 2. The van der Waals surface area contributed by atoms with Crippen molar-refractivity contribution in [1.29, 1.82) is 0 Å². The van der Waals surface area contributed by atoms with Crippen molar-refractivity contribution in [3.8, 4) is 0 Å². The summed E-state index contributed by atoms with van der Waals surface area (Å²) in [6.45, 7) is 0. The lowest BCUT2D eigenvalue weighted by Gasteiger charge is -2.10. The summed E-state index contributed by atoms with van der Waals surface area (Å²) in [5.41, 5.74) is -1.45. The van der Waals surface area contributed by atoms with E-state index in [1.165, 1.54) is 14.1 Å². The van der Waals surface area contributed by atoms with Crippen LogP contribution in [0.5, 0.6) is 0 Å². The molecule has 1 aromatic carbocycles. The highest BCUT2D eigenvalue weighted by Gasteiger charge is 2.22. The molecule has 0 unspecified atom stereocenters. The highest BCUT2D eigenvalue weighted by molar-refractivity contribution is 5.94. The SMILES string of the molecule is CN(C)C(=O)c1cc([N+](=O)[O-])c(F)cc1F. The van der Waals surface area contributed by atoms with Crippen LogP contribution in [-0.4, -0.2) is 29.8 Å². The molecule has 0 aliphatic rings. The first-order valence-electron chi connectivity index (χ1n) is 4.19. The Balaban J connectivity index is 3.36. The van der Waals surface area contributed by atoms with Gasteiger partial charge >= 0.3 is 5.69 Å². The van der Waals surface area contributed by atoms with E-state index in [0.29, 0.717) is 12.1 Å². The number of halogens is 2. The second kappa shape index (κ2) is 4.21. The Kier molecular flexibility index (Phi) is 3.17. The van der Waals surface area contributed by atoms with Crippen molar-refractivity contribution in [2.24, 2.45) is 0 Å². The molecule has 1 rings (SSSR count). The Morgan fingerprint density at radius 1 is 1.31 bits per heavy atom. The molecular weight excluding hydrogens is 222 g/mol. The standard InChI is InChI=1S/C9H8F2N2O3/c1-12(2)9(14)5-3-8(13(15)16)7(11)4-6(5)10/h3-4H,1-2H3. The minimum Gasteiger partial charge on any atom is -0.345 e. The molecule has 1 amide bonds. The number of amides is 1. The maximum absolute atomic E-state index is 13.2. The van der Waals surface area contributed by atoms with Crippen molar-refractivity contribution in [3.63, 3.8) is 0 Å². The topological polar surface area (TPSA) is 63.5 Å². The van der Waals surface area contributed by atoms with E-state index in [9.17, 15) is 23.7 Å². The average molecular weight is 230 g/mol.